The van der Waals surface area contributed by atoms with E-state index in [1.807, 2.05) is 50.2 Å². The average molecular weight is 382 g/mol. The van der Waals surface area contributed by atoms with Crippen LogP contribution in [0.3, 0.4) is 0 Å². The molecule has 2 amide bonds. The predicted molar refractivity (Wildman–Crippen MR) is 108 cm³/mol. The maximum atomic E-state index is 12.5. The Labute approximate surface area is 165 Å². The SMILES string of the molecule is Cc1cc(C)cc(OCCN(C)C(=O)CCN2C(=O)COc3ccccc32)c1. The van der Waals surface area contributed by atoms with Crippen LogP contribution in [-0.4, -0.2) is 50.1 Å². The molecule has 0 unspecified atom stereocenters. The second kappa shape index (κ2) is 8.78. The fraction of sp³-hybridized carbons (Fsp3) is 0.364. The number of fused-ring (bicyclic) bond motifs is 1. The molecule has 2 aromatic carbocycles. The Morgan fingerprint density at radius 2 is 1.89 bits per heavy atom. The Kier molecular flexibility index (Phi) is 6.19. The van der Waals surface area contributed by atoms with Gasteiger partial charge in [-0.25, -0.2) is 0 Å². The molecule has 0 radical (unpaired) electrons. The molecule has 6 nitrogen and oxygen atoms in total. The Hall–Kier alpha value is -3.02. The van der Waals surface area contributed by atoms with Crippen LogP contribution in [0.1, 0.15) is 17.5 Å². The van der Waals surface area contributed by atoms with E-state index in [4.69, 9.17) is 9.47 Å². The molecule has 0 N–H and O–H groups in total. The maximum Gasteiger partial charge on any atom is 0.265 e. The third-order valence-corrected chi connectivity index (χ3v) is 4.67. The molecule has 6 heteroatoms. The van der Waals surface area contributed by atoms with Crippen LogP contribution in [0.5, 0.6) is 11.5 Å². The van der Waals surface area contributed by atoms with Gasteiger partial charge in [-0.05, 0) is 49.2 Å². The molecule has 2 aromatic rings. The first-order valence-corrected chi connectivity index (χ1v) is 9.41. The summed E-state index contributed by atoms with van der Waals surface area (Å²) >= 11 is 0. The van der Waals surface area contributed by atoms with Crippen LogP contribution < -0.4 is 14.4 Å². The van der Waals surface area contributed by atoms with Gasteiger partial charge in [-0.1, -0.05) is 18.2 Å². The molecular formula is C22H26N2O4. The highest BCUT2D eigenvalue weighted by atomic mass is 16.5. The number of amides is 2. The summed E-state index contributed by atoms with van der Waals surface area (Å²) < 4.78 is 11.2. The first-order valence-electron chi connectivity index (χ1n) is 9.41. The molecule has 0 spiro atoms. The molecule has 28 heavy (non-hydrogen) atoms. The van der Waals surface area contributed by atoms with Gasteiger partial charge in [-0.2, -0.15) is 0 Å². The lowest BCUT2D eigenvalue weighted by molar-refractivity contribution is -0.130. The van der Waals surface area contributed by atoms with Gasteiger partial charge in [0.25, 0.3) is 5.91 Å². The summed E-state index contributed by atoms with van der Waals surface area (Å²) in [7, 11) is 1.75. The van der Waals surface area contributed by atoms with Gasteiger partial charge >= 0.3 is 0 Å². The summed E-state index contributed by atoms with van der Waals surface area (Å²) in [6.45, 7) is 5.30. The van der Waals surface area contributed by atoms with Crippen LogP contribution in [0.25, 0.3) is 0 Å². The van der Waals surface area contributed by atoms with Crippen LogP contribution in [0.4, 0.5) is 5.69 Å². The van der Waals surface area contributed by atoms with E-state index < -0.39 is 0 Å². The highest BCUT2D eigenvalue weighted by molar-refractivity contribution is 5.98. The highest BCUT2D eigenvalue weighted by Gasteiger charge is 2.25. The van der Waals surface area contributed by atoms with Gasteiger partial charge in [0.15, 0.2) is 6.61 Å². The summed E-state index contributed by atoms with van der Waals surface area (Å²) in [5.74, 6) is 1.33. The monoisotopic (exact) mass is 382 g/mol. The zero-order chi connectivity index (χ0) is 20.1. The molecule has 0 bridgehead atoms. The smallest absolute Gasteiger partial charge is 0.265 e. The predicted octanol–water partition coefficient (Wildman–Crippen LogP) is 2.96. The van der Waals surface area contributed by atoms with Crippen LogP contribution in [0, 0.1) is 13.8 Å². The standard InChI is InChI=1S/C22H26N2O4/c1-16-12-17(2)14-18(13-16)27-11-10-23(3)21(25)8-9-24-19-6-4-5-7-20(19)28-15-22(24)26/h4-7,12-14H,8-11,15H2,1-3H3. The van der Waals surface area contributed by atoms with Crippen LogP contribution >= 0.6 is 0 Å². The quantitative estimate of drug-likeness (QED) is 0.739. The third-order valence-electron chi connectivity index (χ3n) is 4.67. The van der Waals surface area contributed by atoms with E-state index in [0.717, 1.165) is 16.9 Å². The molecule has 0 saturated heterocycles. The molecule has 1 heterocycles. The highest BCUT2D eigenvalue weighted by Crippen LogP contribution is 2.31. The number of hydrogen-bond acceptors (Lipinski definition) is 4. The summed E-state index contributed by atoms with van der Waals surface area (Å²) in [6.07, 6.45) is 0.250. The summed E-state index contributed by atoms with van der Waals surface area (Å²) in [4.78, 5) is 27.9. The Morgan fingerprint density at radius 3 is 2.64 bits per heavy atom. The Bertz CT molecular complexity index is 845. The molecule has 0 aromatic heterocycles. The van der Waals surface area contributed by atoms with Gasteiger partial charge in [0.1, 0.15) is 18.1 Å². The lowest BCUT2D eigenvalue weighted by Gasteiger charge is -2.29. The number of anilines is 1. The molecule has 0 atom stereocenters. The summed E-state index contributed by atoms with van der Waals surface area (Å²) in [5.41, 5.74) is 3.01. The number of nitrogens with zero attached hydrogens (tertiary/aromatic N) is 2. The van der Waals surface area contributed by atoms with Crippen molar-refractivity contribution < 1.29 is 19.1 Å². The molecule has 1 aliphatic rings. The average Bonchev–Trinajstić information content (AvgIpc) is 2.66. The largest absolute Gasteiger partial charge is 0.492 e. The molecule has 0 fully saturated rings. The number of rotatable bonds is 7. The topological polar surface area (TPSA) is 59.1 Å². The van der Waals surface area contributed by atoms with Gasteiger partial charge in [-0.3, -0.25) is 9.59 Å². The van der Waals surface area contributed by atoms with Gasteiger partial charge in [-0.15, -0.1) is 0 Å². The number of aryl methyl sites for hydroxylation is 2. The second-order valence-electron chi connectivity index (χ2n) is 7.04. The van der Waals surface area contributed by atoms with Gasteiger partial charge in [0.05, 0.1) is 12.2 Å². The number of carbonyl (C=O) groups excluding carboxylic acids is 2. The van der Waals surface area contributed by atoms with Crippen molar-refractivity contribution in [3.05, 3.63) is 53.6 Å². The van der Waals surface area contributed by atoms with Crippen LogP contribution in [0.15, 0.2) is 42.5 Å². The minimum absolute atomic E-state index is 0.00475. The van der Waals surface area contributed by atoms with E-state index in [-0.39, 0.29) is 24.8 Å². The Balaban J connectivity index is 1.49. The van der Waals surface area contributed by atoms with E-state index in [1.165, 1.54) is 0 Å². The van der Waals surface area contributed by atoms with Crippen molar-refractivity contribution in [2.24, 2.45) is 0 Å². The summed E-state index contributed by atoms with van der Waals surface area (Å²) in [5, 5.41) is 0. The number of ether oxygens (including phenoxy) is 2. The van der Waals surface area contributed by atoms with Crippen molar-refractivity contribution in [1.82, 2.24) is 4.90 Å². The number of likely N-dealkylation sites (N-methyl/N-ethyl adjacent to an activating group) is 1. The minimum Gasteiger partial charge on any atom is -0.492 e. The van der Waals surface area contributed by atoms with E-state index in [0.29, 0.717) is 31.1 Å². The van der Waals surface area contributed by atoms with Crippen LogP contribution in [0.2, 0.25) is 0 Å². The first-order chi connectivity index (χ1) is 13.4. The number of hydrogen-bond donors (Lipinski definition) is 0. The molecule has 0 aliphatic carbocycles. The van der Waals surface area contributed by atoms with Crippen molar-refractivity contribution in [2.45, 2.75) is 20.3 Å². The Morgan fingerprint density at radius 1 is 1.18 bits per heavy atom. The van der Waals surface area contributed by atoms with Crippen molar-refractivity contribution in [1.29, 1.82) is 0 Å². The van der Waals surface area contributed by atoms with Gasteiger partial charge in [0, 0.05) is 20.0 Å². The molecule has 148 valence electrons. The van der Waals surface area contributed by atoms with E-state index >= 15 is 0 Å². The van der Waals surface area contributed by atoms with E-state index in [9.17, 15) is 9.59 Å². The normalized spacial score (nSPS) is 13.0. The zero-order valence-electron chi connectivity index (χ0n) is 16.6. The number of benzene rings is 2. The van der Waals surface area contributed by atoms with Crippen molar-refractivity contribution in [3.63, 3.8) is 0 Å². The lowest BCUT2D eigenvalue weighted by Crippen LogP contribution is -2.41. The van der Waals surface area contributed by atoms with E-state index in [2.05, 4.69) is 6.07 Å². The fourth-order valence-corrected chi connectivity index (χ4v) is 3.24. The molecule has 1 aliphatic heterocycles. The second-order valence-corrected chi connectivity index (χ2v) is 7.04. The first kappa shape index (κ1) is 19.7. The maximum absolute atomic E-state index is 12.5. The van der Waals surface area contributed by atoms with E-state index in [1.54, 1.807) is 16.8 Å². The lowest BCUT2D eigenvalue weighted by atomic mass is 10.1. The number of para-hydroxylation sites is 2. The van der Waals surface area contributed by atoms with Crippen molar-refractivity contribution in [2.75, 3.05) is 38.3 Å². The zero-order valence-corrected chi connectivity index (χ0v) is 16.6. The molecular weight excluding hydrogens is 356 g/mol. The van der Waals surface area contributed by atoms with Crippen molar-refractivity contribution in [3.8, 4) is 11.5 Å². The summed E-state index contributed by atoms with van der Waals surface area (Å²) in [6, 6.07) is 13.4. The minimum atomic E-state index is -0.132. The molecule has 0 saturated carbocycles. The fourth-order valence-electron chi connectivity index (χ4n) is 3.24. The van der Waals surface area contributed by atoms with Crippen LogP contribution in [-0.2, 0) is 9.59 Å². The number of carbonyl (C=O) groups is 2. The van der Waals surface area contributed by atoms with Gasteiger partial charge < -0.3 is 19.3 Å². The van der Waals surface area contributed by atoms with Crippen molar-refractivity contribution >= 4 is 17.5 Å². The molecule has 3 rings (SSSR count). The third kappa shape index (κ3) is 4.82. The van der Waals surface area contributed by atoms with Gasteiger partial charge in [0.2, 0.25) is 5.91 Å².